The molecule has 4 rings (SSSR count). The van der Waals surface area contributed by atoms with Crippen LogP contribution >= 0.6 is 0 Å². The Morgan fingerprint density at radius 3 is 2.84 bits per heavy atom. The van der Waals surface area contributed by atoms with Crippen LogP contribution in [-0.2, 0) is 18.4 Å². The molecule has 7 heteroatoms. The minimum Gasteiger partial charge on any atom is -0.331 e. The standard InChI is InChI=1S/C18H17N5O2/c1-11-19-14-9-12(7-8-15(14)22(11)2)20-17(24)10-23-16-6-4-3-5-13(16)21-18(23)25/h3-9H,10H2,1-2H3,(H,20,24)(H,21,25). The van der Waals surface area contributed by atoms with Crippen LogP contribution in [0.25, 0.3) is 22.1 Å². The number of rotatable bonds is 3. The Morgan fingerprint density at radius 1 is 1.20 bits per heavy atom. The van der Waals surface area contributed by atoms with Crippen molar-refractivity contribution in [3.8, 4) is 0 Å². The normalized spacial score (nSPS) is 11.3. The van der Waals surface area contributed by atoms with Crippen LogP contribution in [0.4, 0.5) is 5.69 Å². The molecule has 126 valence electrons. The highest BCUT2D eigenvalue weighted by Crippen LogP contribution is 2.19. The molecule has 0 radical (unpaired) electrons. The van der Waals surface area contributed by atoms with Crippen molar-refractivity contribution in [1.29, 1.82) is 0 Å². The van der Waals surface area contributed by atoms with Crippen LogP contribution in [0.3, 0.4) is 0 Å². The molecule has 0 saturated heterocycles. The highest BCUT2D eigenvalue weighted by molar-refractivity contribution is 5.93. The second-order valence-corrected chi connectivity index (χ2v) is 6.00. The number of carbonyl (C=O) groups is 1. The highest BCUT2D eigenvalue weighted by Gasteiger charge is 2.11. The molecule has 0 fully saturated rings. The summed E-state index contributed by atoms with van der Waals surface area (Å²) in [6.45, 7) is 1.88. The number of H-pyrrole nitrogens is 1. The van der Waals surface area contributed by atoms with Gasteiger partial charge in [-0.1, -0.05) is 12.1 Å². The van der Waals surface area contributed by atoms with Gasteiger partial charge in [0.2, 0.25) is 5.91 Å². The molecule has 4 aromatic rings. The number of para-hydroxylation sites is 2. The van der Waals surface area contributed by atoms with Crippen LogP contribution < -0.4 is 11.0 Å². The number of anilines is 1. The lowest BCUT2D eigenvalue weighted by molar-refractivity contribution is -0.116. The number of aryl methyl sites for hydroxylation is 2. The van der Waals surface area contributed by atoms with Crippen molar-refractivity contribution in [2.45, 2.75) is 13.5 Å². The van der Waals surface area contributed by atoms with E-state index in [0.29, 0.717) is 16.7 Å². The van der Waals surface area contributed by atoms with E-state index in [2.05, 4.69) is 15.3 Å². The van der Waals surface area contributed by atoms with E-state index < -0.39 is 0 Å². The molecule has 0 bridgehead atoms. The molecular weight excluding hydrogens is 318 g/mol. The van der Waals surface area contributed by atoms with Gasteiger partial charge in [-0.15, -0.1) is 0 Å². The number of aromatic amines is 1. The van der Waals surface area contributed by atoms with Crippen LogP contribution in [0.1, 0.15) is 5.82 Å². The van der Waals surface area contributed by atoms with E-state index in [4.69, 9.17) is 0 Å². The van der Waals surface area contributed by atoms with Gasteiger partial charge in [0.15, 0.2) is 0 Å². The molecule has 2 aromatic heterocycles. The number of nitrogens with one attached hydrogen (secondary N) is 2. The predicted octanol–water partition coefficient (Wildman–Crippen LogP) is 2.16. The first-order valence-corrected chi connectivity index (χ1v) is 7.93. The summed E-state index contributed by atoms with van der Waals surface area (Å²) in [7, 11) is 1.95. The average molecular weight is 335 g/mol. The molecule has 2 heterocycles. The Balaban J connectivity index is 1.59. The lowest BCUT2D eigenvalue weighted by atomic mass is 10.2. The number of benzene rings is 2. The fraction of sp³-hybridized carbons (Fsp3) is 0.167. The zero-order chi connectivity index (χ0) is 17.6. The number of imidazole rings is 2. The van der Waals surface area contributed by atoms with Gasteiger partial charge in [-0.05, 0) is 37.3 Å². The number of fused-ring (bicyclic) bond motifs is 2. The molecule has 0 aliphatic carbocycles. The summed E-state index contributed by atoms with van der Waals surface area (Å²) in [5, 5.41) is 2.83. The number of hydrogen-bond acceptors (Lipinski definition) is 3. The third kappa shape index (κ3) is 2.59. The van der Waals surface area contributed by atoms with Gasteiger partial charge in [0.25, 0.3) is 0 Å². The van der Waals surface area contributed by atoms with Crippen molar-refractivity contribution in [3.05, 3.63) is 58.8 Å². The highest BCUT2D eigenvalue weighted by atomic mass is 16.2. The second-order valence-electron chi connectivity index (χ2n) is 6.00. The molecular formula is C18H17N5O2. The zero-order valence-electron chi connectivity index (χ0n) is 13.9. The molecule has 7 nitrogen and oxygen atoms in total. The summed E-state index contributed by atoms with van der Waals surface area (Å²) in [6.07, 6.45) is 0. The van der Waals surface area contributed by atoms with Crippen LogP contribution in [0, 0.1) is 6.92 Å². The Hall–Kier alpha value is -3.35. The van der Waals surface area contributed by atoms with E-state index in [-0.39, 0.29) is 18.1 Å². The van der Waals surface area contributed by atoms with Crippen LogP contribution in [0.5, 0.6) is 0 Å². The monoisotopic (exact) mass is 335 g/mol. The predicted molar refractivity (Wildman–Crippen MR) is 96.6 cm³/mol. The Morgan fingerprint density at radius 2 is 2.00 bits per heavy atom. The maximum Gasteiger partial charge on any atom is 0.326 e. The maximum absolute atomic E-state index is 12.4. The molecule has 0 atom stereocenters. The lowest BCUT2D eigenvalue weighted by Gasteiger charge is -2.06. The fourth-order valence-corrected chi connectivity index (χ4v) is 3.01. The van der Waals surface area contributed by atoms with Crippen molar-refractivity contribution in [1.82, 2.24) is 19.1 Å². The van der Waals surface area contributed by atoms with E-state index in [1.807, 2.05) is 61.0 Å². The van der Waals surface area contributed by atoms with E-state index >= 15 is 0 Å². The first kappa shape index (κ1) is 15.2. The van der Waals surface area contributed by atoms with Gasteiger partial charge in [0, 0.05) is 12.7 Å². The van der Waals surface area contributed by atoms with Crippen LogP contribution in [0.15, 0.2) is 47.3 Å². The number of hydrogen-bond donors (Lipinski definition) is 2. The molecule has 1 amide bonds. The van der Waals surface area contributed by atoms with Crippen LogP contribution in [-0.4, -0.2) is 25.0 Å². The topological polar surface area (TPSA) is 84.7 Å². The van der Waals surface area contributed by atoms with E-state index in [0.717, 1.165) is 16.9 Å². The average Bonchev–Trinajstić information content (AvgIpc) is 3.04. The molecule has 0 aliphatic heterocycles. The summed E-state index contributed by atoms with van der Waals surface area (Å²) in [5.74, 6) is 0.641. The van der Waals surface area contributed by atoms with E-state index in [9.17, 15) is 9.59 Å². The zero-order valence-corrected chi connectivity index (χ0v) is 13.9. The van der Waals surface area contributed by atoms with Gasteiger partial charge in [-0.2, -0.15) is 0 Å². The van der Waals surface area contributed by atoms with Gasteiger partial charge >= 0.3 is 5.69 Å². The quantitative estimate of drug-likeness (QED) is 0.602. The fourth-order valence-electron chi connectivity index (χ4n) is 3.01. The van der Waals surface area contributed by atoms with Crippen molar-refractivity contribution >= 4 is 33.7 Å². The smallest absolute Gasteiger partial charge is 0.326 e. The SMILES string of the molecule is Cc1nc2cc(NC(=O)Cn3c(=O)[nH]c4ccccc43)ccc2n1C. The van der Waals surface area contributed by atoms with Gasteiger partial charge in [0.1, 0.15) is 12.4 Å². The number of aromatic nitrogens is 4. The van der Waals surface area contributed by atoms with Crippen molar-refractivity contribution < 1.29 is 4.79 Å². The van der Waals surface area contributed by atoms with Gasteiger partial charge < -0.3 is 14.9 Å². The maximum atomic E-state index is 12.4. The molecule has 0 aliphatic rings. The van der Waals surface area contributed by atoms with Gasteiger partial charge in [0.05, 0.1) is 22.1 Å². The van der Waals surface area contributed by atoms with Crippen molar-refractivity contribution in [3.63, 3.8) is 0 Å². The Kier molecular flexibility index (Phi) is 3.42. The minimum absolute atomic E-state index is 0.0534. The van der Waals surface area contributed by atoms with Crippen molar-refractivity contribution in [2.75, 3.05) is 5.32 Å². The number of amides is 1. The molecule has 0 spiro atoms. The number of carbonyl (C=O) groups excluding carboxylic acids is 1. The largest absolute Gasteiger partial charge is 0.331 e. The van der Waals surface area contributed by atoms with Crippen molar-refractivity contribution in [2.24, 2.45) is 7.05 Å². The second kappa shape index (κ2) is 5.62. The molecule has 0 unspecified atom stereocenters. The first-order valence-electron chi connectivity index (χ1n) is 7.93. The Bertz CT molecular complexity index is 1170. The van der Waals surface area contributed by atoms with Gasteiger partial charge in [-0.25, -0.2) is 9.78 Å². The third-order valence-corrected chi connectivity index (χ3v) is 4.37. The molecule has 2 aromatic carbocycles. The van der Waals surface area contributed by atoms with E-state index in [1.54, 1.807) is 0 Å². The summed E-state index contributed by atoms with van der Waals surface area (Å²) in [6, 6.07) is 12.9. The van der Waals surface area contributed by atoms with E-state index in [1.165, 1.54) is 4.57 Å². The minimum atomic E-state index is -0.299. The third-order valence-electron chi connectivity index (χ3n) is 4.37. The lowest BCUT2D eigenvalue weighted by Crippen LogP contribution is -2.25. The summed E-state index contributed by atoms with van der Waals surface area (Å²) in [4.78, 5) is 31.6. The summed E-state index contributed by atoms with van der Waals surface area (Å²) >= 11 is 0. The first-order chi connectivity index (χ1) is 12.0. The summed E-state index contributed by atoms with van der Waals surface area (Å²) in [5.41, 5.74) is 3.60. The van der Waals surface area contributed by atoms with Crippen LogP contribution in [0.2, 0.25) is 0 Å². The molecule has 0 saturated carbocycles. The summed E-state index contributed by atoms with van der Waals surface area (Å²) < 4.78 is 3.42. The number of nitrogens with zero attached hydrogens (tertiary/aromatic N) is 3. The molecule has 25 heavy (non-hydrogen) atoms. The Labute approximate surface area is 142 Å². The molecule has 2 N–H and O–H groups in total. The van der Waals surface area contributed by atoms with Gasteiger partial charge in [-0.3, -0.25) is 9.36 Å².